The fourth-order valence-corrected chi connectivity index (χ4v) is 4.07. The topological polar surface area (TPSA) is 38.8 Å². The Hall–Kier alpha value is -2.33. The molecule has 0 N–H and O–H groups in total. The van der Waals surface area contributed by atoms with Crippen molar-refractivity contribution in [1.82, 2.24) is 4.90 Å². The van der Waals surface area contributed by atoms with Crippen LogP contribution in [0.15, 0.2) is 60.7 Å². The van der Waals surface area contributed by atoms with Gasteiger partial charge in [-0.2, -0.15) is 0 Å². The van der Waals surface area contributed by atoms with Gasteiger partial charge in [0.1, 0.15) is 18.4 Å². The van der Waals surface area contributed by atoms with Crippen molar-refractivity contribution in [2.45, 2.75) is 50.5 Å². The number of carbonyl (C=O) groups is 1. The van der Waals surface area contributed by atoms with Crippen molar-refractivity contribution in [1.29, 1.82) is 0 Å². The van der Waals surface area contributed by atoms with E-state index in [0.29, 0.717) is 13.2 Å². The fraction of sp³-hybridized carbons (Fsp3) is 0.409. The van der Waals surface area contributed by atoms with Gasteiger partial charge < -0.3 is 9.47 Å². The molecular weight excluding hydrogens is 326 g/mol. The molecule has 1 amide bonds. The van der Waals surface area contributed by atoms with Gasteiger partial charge >= 0.3 is 6.09 Å². The Kier molecular flexibility index (Phi) is 4.93. The standard InChI is InChI=1S/C22H25NO3/c24-21(25-17-18-10-4-1-5-11-18)23-16-20(19-12-6-2-7-13-19)26-22(23)14-8-3-9-15-22/h1-2,4-7,10-13,20H,3,8-9,14-17H2. The summed E-state index contributed by atoms with van der Waals surface area (Å²) in [5, 5.41) is 0. The summed E-state index contributed by atoms with van der Waals surface area (Å²) in [5.74, 6) is 0. The highest BCUT2D eigenvalue weighted by atomic mass is 16.6. The molecule has 2 aromatic rings. The quantitative estimate of drug-likeness (QED) is 0.776. The summed E-state index contributed by atoms with van der Waals surface area (Å²) in [6, 6.07) is 20.0. The van der Waals surface area contributed by atoms with Crippen molar-refractivity contribution < 1.29 is 14.3 Å². The van der Waals surface area contributed by atoms with Crippen LogP contribution in [0.2, 0.25) is 0 Å². The minimum absolute atomic E-state index is 0.0847. The second-order valence-electron chi connectivity index (χ2n) is 7.17. The lowest BCUT2D eigenvalue weighted by Gasteiger charge is -2.39. The van der Waals surface area contributed by atoms with Gasteiger partial charge in [-0.05, 0) is 36.8 Å². The number of ether oxygens (including phenoxy) is 2. The third-order valence-corrected chi connectivity index (χ3v) is 5.43. The van der Waals surface area contributed by atoms with Gasteiger partial charge in [0.15, 0.2) is 0 Å². The van der Waals surface area contributed by atoms with Gasteiger partial charge in [-0.25, -0.2) is 4.79 Å². The lowest BCUT2D eigenvalue weighted by Crippen LogP contribution is -2.49. The molecule has 1 atom stereocenters. The molecule has 1 saturated carbocycles. The highest BCUT2D eigenvalue weighted by molar-refractivity contribution is 5.69. The molecule has 1 unspecified atom stereocenters. The van der Waals surface area contributed by atoms with E-state index in [1.54, 1.807) is 0 Å². The number of amides is 1. The Morgan fingerprint density at radius 1 is 1.00 bits per heavy atom. The summed E-state index contributed by atoms with van der Waals surface area (Å²) in [6.07, 6.45) is 4.79. The smallest absolute Gasteiger partial charge is 0.412 e. The number of hydrogen-bond acceptors (Lipinski definition) is 3. The molecule has 0 bridgehead atoms. The average molecular weight is 351 g/mol. The maximum Gasteiger partial charge on any atom is 0.412 e. The third-order valence-electron chi connectivity index (χ3n) is 5.43. The minimum atomic E-state index is -0.507. The molecule has 1 saturated heterocycles. The Morgan fingerprint density at radius 3 is 2.35 bits per heavy atom. The van der Waals surface area contributed by atoms with E-state index < -0.39 is 5.72 Å². The van der Waals surface area contributed by atoms with Crippen LogP contribution in [-0.4, -0.2) is 23.3 Å². The van der Waals surface area contributed by atoms with Crippen molar-refractivity contribution in [2.75, 3.05) is 6.54 Å². The fourth-order valence-electron chi connectivity index (χ4n) is 4.07. The first kappa shape index (κ1) is 17.1. The molecule has 0 aromatic heterocycles. The Morgan fingerprint density at radius 2 is 1.65 bits per heavy atom. The first-order valence-corrected chi connectivity index (χ1v) is 9.48. The predicted molar refractivity (Wildman–Crippen MR) is 99.4 cm³/mol. The average Bonchev–Trinajstić information content (AvgIpc) is 3.07. The van der Waals surface area contributed by atoms with Crippen LogP contribution < -0.4 is 0 Å². The summed E-state index contributed by atoms with van der Waals surface area (Å²) in [4.78, 5) is 14.7. The van der Waals surface area contributed by atoms with E-state index in [9.17, 15) is 4.79 Å². The van der Waals surface area contributed by atoms with E-state index >= 15 is 0 Å². The van der Waals surface area contributed by atoms with Gasteiger partial charge in [0.2, 0.25) is 0 Å². The van der Waals surface area contributed by atoms with E-state index in [0.717, 1.165) is 36.8 Å². The van der Waals surface area contributed by atoms with E-state index in [1.165, 1.54) is 6.42 Å². The molecule has 1 aliphatic carbocycles. The number of carbonyl (C=O) groups excluding carboxylic acids is 1. The lowest BCUT2D eigenvalue weighted by atomic mass is 9.91. The van der Waals surface area contributed by atoms with Gasteiger partial charge in [-0.1, -0.05) is 67.1 Å². The van der Waals surface area contributed by atoms with Crippen molar-refractivity contribution >= 4 is 6.09 Å². The molecule has 26 heavy (non-hydrogen) atoms. The molecule has 1 heterocycles. The molecule has 2 fully saturated rings. The molecule has 136 valence electrons. The molecule has 2 aliphatic rings. The highest BCUT2D eigenvalue weighted by Gasteiger charge is 2.50. The number of rotatable bonds is 3. The van der Waals surface area contributed by atoms with Crippen LogP contribution in [0, 0.1) is 0 Å². The SMILES string of the molecule is O=C(OCc1ccccc1)N1CC(c2ccccc2)OC12CCCCC2. The maximum absolute atomic E-state index is 12.9. The summed E-state index contributed by atoms with van der Waals surface area (Å²) in [6.45, 7) is 0.847. The van der Waals surface area contributed by atoms with Gasteiger partial charge in [0, 0.05) is 0 Å². The molecule has 4 rings (SSSR count). The maximum atomic E-state index is 12.9. The molecule has 4 heteroatoms. The van der Waals surface area contributed by atoms with Gasteiger partial charge in [0.25, 0.3) is 0 Å². The summed E-state index contributed by atoms with van der Waals surface area (Å²) in [7, 11) is 0. The summed E-state index contributed by atoms with van der Waals surface area (Å²) in [5.41, 5.74) is 1.61. The normalized spacial score (nSPS) is 21.7. The second-order valence-corrected chi connectivity index (χ2v) is 7.17. The molecule has 2 aromatic carbocycles. The van der Waals surface area contributed by atoms with Gasteiger partial charge in [-0.15, -0.1) is 0 Å². The van der Waals surface area contributed by atoms with Crippen LogP contribution in [0.1, 0.15) is 49.3 Å². The zero-order chi connectivity index (χ0) is 17.8. The summed E-state index contributed by atoms with van der Waals surface area (Å²) < 4.78 is 12.1. The van der Waals surface area contributed by atoms with Crippen molar-refractivity contribution in [3.63, 3.8) is 0 Å². The van der Waals surface area contributed by atoms with Crippen LogP contribution in [0.25, 0.3) is 0 Å². The highest BCUT2D eigenvalue weighted by Crippen LogP contribution is 2.45. The molecular formula is C22H25NO3. The van der Waals surface area contributed by atoms with Crippen molar-refractivity contribution in [3.05, 3.63) is 71.8 Å². The first-order valence-electron chi connectivity index (χ1n) is 9.48. The molecule has 4 nitrogen and oxygen atoms in total. The molecule has 1 spiro atoms. The van der Waals surface area contributed by atoms with Gasteiger partial charge in [-0.3, -0.25) is 4.90 Å². The van der Waals surface area contributed by atoms with E-state index in [4.69, 9.17) is 9.47 Å². The molecule has 0 radical (unpaired) electrons. The van der Waals surface area contributed by atoms with E-state index in [-0.39, 0.29) is 12.2 Å². The Bertz CT molecular complexity index is 726. The van der Waals surface area contributed by atoms with Crippen LogP contribution >= 0.6 is 0 Å². The van der Waals surface area contributed by atoms with Crippen LogP contribution in [-0.2, 0) is 16.1 Å². The number of hydrogen-bond donors (Lipinski definition) is 0. The van der Waals surface area contributed by atoms with E-state index in [1.807, 2.05) is 53.4 Å². The Balaban J connectivity index is 1.50. The minimum Gasteiger partial charge on any atom is -0.444 e. The third kappa shape index (κ3) is 3.47. The zero-order valence-electron chi connectivity index (χ0n) is 15.0. The number of benzene rings is 2. The van der Waals surface area contributed by atoms with Crippen molar-refractivity contribution in [3.8, 4) is 0 Å². The largest absolute Gasteiger partial charge is 0.444 e. The number of nitrogens with zero attached hydrogens (tertiary/aromatic N) is 1. The van der Waals surface area contributed by atoms with Crippen molar-refractivity contribution in [2.24, 2.45) is 0 Å². The zero-order valence-corrected chi connectivity index (χ0v) is 15.0. The van der Waals surface area contributed by atoms with Crippen LogP contribution in [0.3, 0.4) is 0 Å². The van der Waals surface area contributed by atoms with Crippen LogP contribution in [0.4, 0.5) is 4.79 Å². The molecule has 1 aliphatic heterocycles. The lowest BCUT2D eigenvalue weighted by molar-refractivity contribution is -0.120. The Labute approximate surface area is 154 Å². The van der Waals surface area contributed by atoms with E-state index in [2.05, 4.69) is 12.1 Å². The van der Waals surface area contributed by atoms with Gasteiger partial charge in [0.05, 0.1) is 6.54 Å². The van der Waals surface area contributed by atoms with Crippen LogP contribution in [0.5, 0.6) is 0 Å². The predicted octanol–water partition coefficient (Wildman–Crippen LogP) is 5.06. The summed E-state index contributed by atoms with van der Waals surface area (Å²) >= 11 is 0. The second kappa shape index (κ2) is 7.50. The first-order chi connectivity index (χ1) is 12.8. The monoisotopic (exact) mass is 351 g/mol.